The Hall–Kier alpha value is -0.570. The molecule has 0 spiro atoms. The van der Waals surface area contributed by atoms with Gasteiger partial charge in [0, 0.05) is 26.1 Å². The minimum atomic E-state index is 0.0816. The van der Waals surface area contributed by atoms with Crippen LogP contribution in [0.1, 0.15) is 26.2 Å². The fourth-order valence-corrected chi connectivity index (χ4v) is 1.26. The molecule has 0 radical (unpaired) electrons. The van der Waals surface area contributed by atoms with Crippen LogP contribution >= 0.6 is 0 Å². The van der Waals surface area contributed by atoms with Crippen LogP contribution in [0.4, 0.5) is 0 Å². The number of carbonyl (C=O) groups excluding carboxylic acids is 1. The van der Waals surface area contributed by atoms with E-state index in [-0.39, 0.29) is 11.9 Å². The number of hydrogen-bond donors (Lipinski definition) is 1. The number of amides is 1. The van der Waals surface area contributed by atoms with E-state index in [1.54, 1.807) is 4.90 Å². The Bertz CT molecular complexity index is 164. The summed E-state index contributed by atoms with van der Waals surface area (Å²) in [4.78, 5) is 13.1. The van der Waals surface area contributed by atoms with Crippen molar-refractivity contribution in [3.8, 4) is 0 Å². The molecule has 1 aliphatic carbocycles. The summed E-state index contributed by atoms with van der Waals surface area (Å²) in [5.41, 5.74) is 5.58. The summed E-state index contributed by atoms with van der Waals surface area (Å²) in [5.74, 6) is 0.919. The second-order valence-electron chi connectivity index (χ2n) is 3.90. The number of carbonyl (C=O) groups is 1. The highest BCUT2D eigenvalue weighted by atomic mass is 16.2. The first kappa shape index (κ1) is 9.52. The maximum absolute atomic E-state index is 11.4. The Morgan fingerprint density at radius 2 is 2.25 bits per heavy atom. The average molecular weight is 170 g/mol. The van der Waals surface area contributed by atoms with Crippen LogP contribution in [0, 0.1) is 5.92 Å². The van der Waals surface area contributed by atoms with Crippen molar-refractivity contribution in [2.45, 2.75) is 32.2 Å². The topological polar surface area (TPSA) is 46.3 Å². The first-order valence-corrected chi connectivity index (χ1v) is 4.59. The van der Waals surface area contributed by atoms with Gasteiger partial charge in [-0.3, -0.25) is 4.79 Å². The molecule has 0 aromatic carbocycles. The van der Waals surface area contributed by atoms with E-state index in [1.165, 1.54) is 12.8 Å². The monoisotopic (exact) mass is 170 g/mol. The van der Waals surface area contributed by atoms with Gasteiger partial charge < -0.3 is 10.6 Å². The Labute approximate surface area is 73.9 Å². The fraction of sp³-hybridized carbons (Fsp3) is 0.889. The summed E-state index contributed by atoms with van der Waals surface area (Å²) >= 11 is 0. The molecule has 12 heavy (non-hydrogen) atoms. The van der Waals surface area contributed by atoms with E-state index in [2.05, 4.69) is 0 Å². The predicted molar refractivity (Wildman–Crippen MR) is 48.6 cm³/mol. The summed E-state index contributed by atoms with van der Waals surface area (Å²) < 4.78 is 0. The van der Waals surface area contributed by atoms with Crippen LogP contribution in [0.3, 0.4) is 0 Å². The lowest BCUT2D eigenvalue weighted by Gasteiger charge is -2.18. The zero-order valence-corrected chi connectivity index (χ0v) is 7.92. The first-order chi connectivity index (χ1) is 5.59. The van der Waals surface area contributed by atoms with Crippen LogP contribution < -0.4 is 5.73 Å². The quantitative estimate of drug-likeness (QED) is 0.671. The third kappa shape index (κ3) is 3.22. The van der Waals surface area contributed by atoms with Crippen LogP contribution in [0.2, 0.25) is 0 Å². The van der Waals surface area contributed by atoms with Crippen molar-refractivity contribution < 1.29 is 4.79 Å². The van der Waals surface area contributed by atoms with E-state index in [0.29, 0.717) is 12.5 Å². The SMILES string of the molecule is CC(N)CN(C)C(=O)CC1CC1. The van der Waals surface area contributed by atoms with Crippen molar-refractivity contribution >= 4 is 5.91 Å². The first-order valence-electron chi connectivity index (χ1n) is 4.59. The van der Waals surface area contributed by atoms with Gasteiger partial charge in [0.05, 0.1) is 0 Å². The van der Waals surface area contributed by atoms with Gasteiger partial charge in [-0.05, 0) is 25.7 Å². The lowest BCUT2D eigenvalue weighted by atomic mass is 10.2. The van der Waals surface area contributed by atoms with Crippen molar-refractivity contribution in [1.82, 2.24) is 4.90 Å². The van der Waals surface area contributed by atoms with E-state index in [4.69, 9.17) is 5.73 Å². The maximum atomic E-state index is 11.4. The van der Waals surface area contributed by atoms with Gasteiger partial charge in [-0.1, -0.05) is 0 Å². The largest absolute Gasteiger partial charge is 0.344 e. The molecule has 1 fully saturated rings. The average Bonchev–Trinajstić information content (AvgIpc) is 2.70. The second kappa shape index (κ2) is 3.90. The molecule has 0 bridgehead atoms. The number of nitrogens with zero attached hydrogens (tertiary/aromatic N) is 1. The third-order valence-electron chi connectivity index (χ3n) is 2.15. The Morgan fingerprint density at radius 1 is 1.67 bits per heavy atom. The highest BCUT2D eigenvalue weighted by Crippen LogP contribution is 2.32. The number of rotatable bonds is 4. The van der Waals surface area contributed by atoms with Gasteiger partial charge >= 0.3 is 0 Å². The van der Waals surface area contributed by atoms with Gasteiger partial charge in [0.25, 0.3) is 0 Å². The number of nitrogens with two attached hydrogens (primary N) is 1. The Balaban J connectivity index is 2.19. The molecule has 0 heterocycles. The van der Waals surface area contributed by atoms with Gasteiger partial charge in [-0.15, -0.1) is 0 Å². The maximum Gasteiger partial charge on any atom is 0.222 e. The lowest BCUT2D eigenvalue weighted by molar-refractivity contribution is -0.130. The molecule has 3 nitrogen and oxygen atoms in total. The smallest absolute Gasteiger partial charge is 0.222 e. The summed E-state index contributed by atoms with van der Waals surface area (Å²) in [6.45, 7) is 2.59. The fourth-order valence-electron chi connectivity index (χ4n) is 1.26. The van der Waals surface area contributed by atoms with Crippen LogP contribution in [0.15, 0.2) is 0 Å². The molecule has 0 saturated heterocycles. The van der Waals surface area contributed by atoms with E-state index < -0.39 is 0 Å². The van der Waals surface area contributed by atoms with E-state index in [9.17, 15) is 4.79 Å². The third-order valence-corrected chi connectivity index (χ3v) is 2.15. The molecule has 0 aromatic heterocycles. The van der Waals surface area contributed by atoms with Crippen molar-refractivity contribution in [2.24, 2.45) is 11.7 Å². The molecule has 1 atom stereocenters. The van der Waals surface area contributed by atoms with Crippen LogP contribution in [-0.2, 0) is 4.79 Å². The highest BCUT2D eigenvalue weighted by Gasteiger charge is 2.25. The molecule has 1 saturated carbocycles. The highest BCUT2D eigenvalue weighted by molar-refractivity contribution is 5.76. The van der Waals surface area contributed by atoms with Crippen molar-refractivity contribution in [3.63, 3.8) is 0 Å². The van der Waals surface area contributed by atoms with E-state index in [0.717, 1.165) is 6.42 Å². The van der Waals surface area contributed by atoms with Crippen molar-refractivity contribution in [2.75, 3.05) is 13.6 Å². The van der Waals surface area contributed by atoms with Gasteiger partial charge in [0.15, 0.2) is 0 Å². The standard InChI is InChI=1S/C9H18N2O/c1-7(10)6-11(2)9(12)5-8-3-4-8/h7-8H,3-6,10H2,1-2H3. The molecule has 0 aliphatic heterocycles. The molecule has 0 aromatic rings. The number of hydrogen-bond acceptors (Lipinski definition) is 2. The molecule has 1 amide bonds. The lowest BCUT2D eigenvalue weighted by Crippen LogP contribution is -2.37. The number of likely N-dealkylation sites (N-methyl/N-ethyl adjacent to an activating group) is 1. The minimum Gasteiger partial charge on any atom is -0.344 e. The van der Waals surface area contributed by atoms with E-state index in [1.807, 2.05) is 14.0 Å². The predicted octanol–water partition coefficient (Wildman–Crippen LogP) is 0.592. The molecule has 3 heteroatoms. The zero-order valence-electron chi connectivity index (χ0n) is 7.92. The molecular formula is C9H18N2O. The summed E-state index contributed by atoms with van der Waals surface area (Å²) in [5, 5.41) is 0. The molecule has 2 N–H and O–H groups in total. The van der Waals surface area contributed by atoms with E-state index >= 15 is 0 Å². The normalized spacial score (nSPS) is 18.9. The summed E-state index contributed by atoms with van der Waals surface area (Å²) in [6.07, 6.45) is 3.19. The molecule has 70 valence electrons. The molecule has 1 aliphatic rings. The van der Waals surface area contributed by atoms with Gasteiger partial charge in [0.2, 0.25) is 5.91 Å². The minimum absolute atomic E-state index is 0.0816. The van der Waals surface area contributed by atoms with Crippen LogP contribution in [-0.4, -0.2) is 30.4 Å². The van der Waals surface area contributed by atoms with Crippen LogP contribution in [0.25, 0.3) is 0 Å². The molecular weight excluding hydrogens is 152 g/mol. The summed E-state index contributed by atoms with van der Waals surface area (Å²) in [7, 11) is 1.83. The van der Waals surface area contributed by atoms with Gasteiger partial charge in [-0.2, -0.15) is 0 Å². The van der Waals surface area contributed by atoms with Crippen LogP contribution in [0.5, 0.6) is 0 Å². The molecule has 1 rings (SSSR count). The van der Waals surface area contributed by atoms with Gasteiger partial charge in [-0.25, -0.2) is 0 Å². The Morgan fingerprint density at radius 3 is 2.67 bits per heavy atom. The van der Waals surface area contributed by atoms with Crippen molar-refractivity contribution in [1.29, 1.82) is 0 Å². The van der Waals surface area contributed by atoms with Crippen molar-refractivity contribution in [3.05, 3.63) is 0 Å². The molecule has 1 unspecified atom stereocenters. The van der Waals surface area contributed by atoms with Gasteiger partial charge in [0.1, 0.15) is 0 Å². The Kier molecular flexibility index (Phi) is 3.09. The summed E-state index contributed by atoms with van der Waals surface area (Å²) in [6, 6.07) is 0.0816. The second-order valence-corrected chi connectivity index (χ2v) is 3.90. The zero-order chi connectivity index (χ0) is 9.14.